The molecular weight excluding hydrogens is 274 g/mol. The van der Waals surface area contributed by atoms with E-state index in [9.17, 15) is 4.79 Å². The highest BCUT2D eigenvalue weighted by Gasteiger charge is 2.18. The fourth-order valence-corrected chi connectivity index (χ4v) is 2.58. The van der Waals surface area contributed by atoms with E-state index in [1.807, 2.05) is 38.1 Å². The first-order valence-electron chi connectivity index (χ1n) is 5.97. The van der Waals surface area contributed by atoms with Crippen molar-refractivity contribution in [2.75, 3.05) is 0 Å². The van der Waals surface area contributed by atoms with Crippen LogP contribution in [0.5, 0.6) is 0 Å². The van der Waals surface area contributed by atoms with Gasteiger partial charge in [-0.2, -0.15) is 4.68 Å². The molecule has 0 fully saturated rings. The van der Waals surface area contributed by atoms with Gasteiger partial charge in [-0.1, -0.05) is 40.3 Å². The highest BCUT2D eigenvalue weighted by Crippen LogP contribution is 2.26. The first-order chi connectivity index (χ1) is 9.69. The van der Waals surface area contributed by atoms with E-state index in [4.69, 9.17) is 0 Å². The van der Waals surface area contributed by atoms with Crippen LogP contribution in [-0.2, 0) is 0 Å². The topological polar surface area (TPSA) is 73.6 Å². The Hall–Kier alpha value is -2.41. The third-order valence-electron chi connectivity index (χ3n) is 2.80. The number of aldehydes is 1. The van der Waals surface area contributed by atoms with Gasteiger partial charge in [-0.3, -0.25) is 4.79 Å². The Bertz CT molecular complexity index is 777. The van der Waals surface area contributed by atoms with Gasteiger partial charge >= 0.3 is 0 Å². The van der Waals surface area contributed by atoms with Crippen LogP contribution in [0.15, 0.2) is 24.3 Å². The summed E-state index contributed by atoms with van der Waals surface area (Å²) >= 11 is 1.40. The molecule has 0 saturated carbocycles. The molecule has 2 heterocycles. The molecule has 0 bridgehead atoms. The number of benzene rings is 1. The smallest absolute Gasteiger partial charge is 0.234 e. The summed E-state index contributed by atoms with van der Waals surface area (Å²) in [5.74, 6) is 0. The summed E-state index contributed by atoms with van der Waals surface area (Å²) in [7, 11) is 0. The maximum Gasteiger partial charge on any atom is 0.234 e. The van der Waals surface area contributed by atoms with Crippen LogP contribution in [0, 0.1) is 13.8 Å². The Kier molecular flexibility index (Phi) is 3.11. The van der Waals surface area contributed by atoms with Gasteiger partial charge in [0.15, 0.2) is 12.0 Å². The molecule has 3 aromatic rings. The quantitative estimate of drug-likeness (QED) is 0.690. The fourth-order valence-electron chi connectivity index (χ4n) is 1.94. The van der Waals surface area contributed by atoms with Crippen LogP contribution in [-0.4, -0.2) is 31.5 Å². The van der Waals surface area contributed by atoms with E-state index in [1.54, 1.807) is 4.68 Å². The number of aromatic nitrogens is 5. The maximum absolute atomic E-state index is 11.2. The van der Waals surface area contributed by atoms with Crippen molar-refractivity contribution in [3.63, 3.8) is 0 Å². The van der Waals surface area contributed by atoms with Crippen molar-refractivity contribution in [1.29, 1.82) is 0 Å². The number of rotatable bonds is 3. The molecule has 1 aromatic carbocycles. The third-order valence-corrected chi connectivity index (χ3v) is 3.61. The van der Waals surface area contributed by atoms with Crippen molar-refractivity contribution < 1.29 is 4.79 Å². The van der Waals surface area contributed by atoms with Crippen LogP contribution in [0.1, 0.15) is 21.1 Å². The molecule has 0 N–H and O–H groups in total. The first kappa shape index (κ1) is 12.6. The van der Waals surface area contributed by atoms with E-state index >= 15 is 0 Å². The summed E-state index contributed by atoms with van der Waals surface area (Å²) in [6.45, 7) is 3.86. The third kappa shape index (κ3) is 2.12. The van der Waals surface area contributed by atoms with Crippen LogP contribution < -0.4 is 0 Å². The molecule has 0 spiro atoms. The van der Waals surface area contributed by atoms with Crippen molar-refractivity contribution >= 4 is 17.6 Å². The number of carbonyl (C=O) groups is 1. The van der Waals surface area contributed by atoms with Gasteiger partial charge in [0.2, 0.25) is 5.13 Å². The molecule has 0 aliphatic heterocycles. The largest absolute Gasteiger partial charge is 0.296 e. The molecule has 0 unspecified atom stereocenters. The Balaban J connectivity index is 2.23. The number of carbonyl (C=O) groups excluding carboxylic acids is 1. The molecular formula is C13H11N5OS. The van der Waals surface area contributed by atoms with E-state index in [-0.39, 0.29) is 0 Å². The summed E-state index contributed by atoms with van der Waals surface area (Å²) in [6.07, 6.45) is 0.703. The zero-order valence-electron chi connectivity index (χ0n) is 10.9. The lowest BCUT2D eigenvalue weighted by molar-refractivity contribution is 0.111. The Morgan fingerprint density at radius 1 is 1.20 bits per heavy atom. The van der Waals surface area contributed by atoms with Crippen LogP contribution in [0.3, 0.4) is 0 Å². The lowest BCUT2D eigenvalue weighted by Gasteiger charge is -2.04. The highest BCUT2D eigenvalue weighted by molar-refractivity contribution is 7.13. The summed E-state index contributed by atoms with van der Waals surface area (Å²) in [6, 6.07) is 7.83. The lowest BCUT2D eigenvalue weighted by atomic mass is 10.1. The molecule has 6 nitrogen and oxygen atoms in total. The summed E-state index contributed by atoms with van der Waals surface area (Å²) < 4.78 is 1.56. The minimum atomic E-state index is 0.295. The van der Waals surface area contributed by atoms with E-state index in [2.05, 4.69) is 20.5 Å². The average Bonchev–Trinajstić information content (AvgIpc) is 3.04. The normalized spacial score (nSPS) is 10.7. The lowest BCUT2D eigenvalue weighted by Crippen LogP contribution is -2.00. The van der Waals surface area contributed by atoms with Crippen LogP contribution in [0.4, 0.5) is 0 Å². The van der Waals surface area contributed by atoms with Gasteiger partial charge in [-0.05, 0) is 19.9 Å². The molecule has 0 amide bonds. The van der Waals surface area contributed by atoms with E-state index < -0.39 is 0 Å². The zero-order valence-corrected chi connectivity index (χ0v) is 11.8. The predicted octanol–water partition coefficient (Wildman–Crippen LogP) is 2.22. The second kappa shape index (κ2) is 4.93. The van der Waals surface area contributed by atoms with Crippen LogP contribution in [0.2, 0.25) is 0 Å². The molecule has 7 heteroatoms. The van der Waals surface area contributed by atoms with E-state index in [0.717, 1.165) is 16.1 Å². The molecule has 20 heavy (non-hydrogen) atoms. The molecule has 2 aromatic heterocycles. The fraction of sp³-hybridized carbons (Fsp3) is 0.154. The summed E-state index contributed by atoms with van der Waals surface area (Å²) in [5.41, 5.74) is 2.91. The average molecular weight is 285 g/mol. The van der Waals surface area contributed by atoms with E-state index in [0.29, 0.717) is 22.8 Å². The van der Waals surface area contributed by atoms with Gasteiger partial charge < -0.3 is 0 Å². The van der Waals surface area contributed by atoms with Gasteiger partial charge in [0.05, 0.1) is 0 Å². The van der Waals surface area contributed by atoms with Gasteiger partial charge in [-0.25, -0.2) is 0 Å². The Labute approximate surface area is 119 Å². The van der Waals surface area contributed by atoms with Crippen molar-refractivity contribution in [3.05, 3.63) is 40.5 Å². The standard InChI is InChI=1S/C13H11N5OS/c1-8-4-3-5-10(6-8)12-11(7-19)15-17-18(12)13-16-14-9(2)20-13/h3-7H,1-2H3. The van der Waals surface area contributed by atoms with Gasteiger partial charge in [0, 0.05) is 5.56 Å². The molecule has 3 rings (SSSR count). The van der Waals surface area contributed by atoms with E-state index in [1.165, 1.54) is 11.3 Å². The van der Waals surface area contributed by atoms with Gasteiger partial charge in [0.1, 0.15) is 10.7 Å². The van der Waals surface area contributed by atoms with Crippen molar-refractivity contribution in [2.24, 2.45) is 0 Å². The minimum Gasteiger partial charge on any atom is -0.296 e. The first-order valence-corrected chi connectivity index (χ1v) is 6.79. The van der Waals surface area contributed by atoms with Crippen molar-refractivity contribution in [1.82, 2.24) is 25.2 Å². The molecule has 0 saturated heterocycles. The minimum absolute atomic E-state index is 0.295. The molecule has 100 valence electrons. The second-order valence-electron chi connectivity index (χ2n) is 4.33. The number of aryl methyl sites for hydroxylation is 2. The number of hydrogen-bond donors (Lipinski definition) is 0. The summed E-state index contributed by atoms with van der Waals surface area (Å²) in [5, 5.41) is 17.4. The second-order valence-corrected chi connectivity index (χ2v) is 5.49. The zero-order chi connectivity index (χ0) is 14.1. The Morgan fingerprint density at radius 2 is 2.05 bits per heavy atom. The van der Waals surface area contributed by atoms with Gasteiger partial charge in [-0.15, -0.1) is 15.3 Å². The SMILES string of the molecule is Cc1cccc(-c2c(C=O)nnn2-c2nnc(C)s2)c1. The van der Waals surface area contributed by atoms with Crippen LogP contribution >= 0.6 is 11.3 Å². The van der Waals surface area contributed by atoms with Gasteiger partial charge in [0.25, 0.3) is 0 Å². The van der Waals surface area contributed by atoms with Crippen molar-refractivity contribution in [2.45, 2.75) is 13.8 Å². The van der Waals surface area contributed by atoms with Crippen molar-refractivity contribution in [3.8, 4) is 16.4 Å². The van der Waals surface area contributed by atoms with Crippen LogP contribution in [0.25, 0.3) is 16.4 Å². The Morgan fingerprint density at radius 3 is 2.70 bits per heavy atom. The predicted molar refractivity (Wildman–Crippen MR) is 75.1 cm³/mol. The monoisotopic (exact) mass is 285 g/mol. The molecule has 0 atom stereocenters. The maximum atomic E-state index is 11.2. The molecule has 0 aliphatic rings. The molecule has 0 radical (unpaired) electrons. The number of nitrogens with zero attached hydrogens (tertiary/aromatic N) is 5. The summed E-state index contributed by atoms with van der Waals surface area (Å²) in [4.78, 5) is 11.2. The highest BCUT2D eigenvalue weighted by atomic mass is 32.1. The molecule has 0 aliphatic carbocycles. The number of hydrogen-bond acceptors (Lipinski definition) is 6.